The van der Waals surface area contributed by atoms with E-state index < -0.39 is 5.60 Å². The fourth-order valence-electron chi connectivity index (χ4n) is 3.84. The summed E-state index contributed by atoms with van der Waals surface area (Å²) < 4.78 is 11.1. The lowest BCUT2D eigenvalue weighted by molar-refractivity contribution is -0.119. The first-order valence-corrected chi connectivity index (χ1v) is 8.26. The highest BCUT2D eigenvalue weighted by Gasteiger charge is 2.51. The van der Waals surface area contributed by atoms with Crippen LogP contribution in [0.15, 0.2) is 6.20 Å². The van der Waals surface area contributed by atoms with Crippen LogP contribution in [0.2, 0.25) is 0 Å². The summed E-state index contributed by atoms with van der Waals surface area (Å²) in [5, 5.41) is 14.9. The normalized spacial score (nSPS) is 30.9. The quantitative estimate of drug-likeness (QED) is 0.858. The fourth-order valence-corrected chi connectivity index (χ4v) is 3.84. The number of ether oxygens (including phenoxy) is 2. The van der Waals surface area contributed by atoms with Gasteiger partial charge in [-0.25, -0.2) is 4.98 Å². The zero-order valence-corrected chi connectivity index (χ0v) is 13.3. The summed E-state index contributed by atoms with van der Waals surface area (Å²) in [5.74, 6) is 0.823. The molecular formula is C16H25N3O3. The summed E-state index contributed by atoms with van der Waals surface area (Å²) in [6.45, 7) is 6.46. The van der Waals surface area contributed by atoms with E-state index in [9.17, 15) is 5.11 Å². The molecule has 2 bridgehead atoms. The number of aliphatic hydroxyl groups is 1. The number of fused-ring (bicyclic) bond motifs is 2. The van der Waals surface area contributed by atoms with Crippen LogP contribution < -0.4 is 14.8 Å². The smallest absolute Gasteiger partial charge is 0.319 e. The first kappa shape index (κ1) is 15.5. The highest BCUT2D eigenvalue weighted by atomic mass is 16.5. The molecule has 0 spiro atoms. The lowest BCUT2D eigenvalue weighted by Gasteiger charge is -2.50. The van der Waals surface area contributed by atoms with Crippen molar-refractivity contribution in [3.8, 4) is 11.9 Å². The van der Waals surface area contributed by atoms with Gasteiger partial charge >= 0.3 is 6.01 Å². The Morgan fingerprint density at radius 1 is 1.23 bits per heavy atom. The van der Waals surface area contributed by atoms with E-state index in [-0.39, 0.29) is 11.8 Å². The molecule has 1 saturated carbocycles. The standard InChI is InChI=1S/C16H25N3O3/c1-3-21-14-13(10-18-15(19-14)22-4-2)16(20)11-6-5-7-12(16)9-17-8-11/h10-12,17,20H,3-9H2,1-2H3. The maximum atomic E-state index is 11.5. The van der Waals surface area contributed by atoms with Gasteiger partial charge in [-0.2, -0.15) is 4.98 Å². The summed E-state index contributed by atoms with van der Waals surface area (Å²) in [7, 11) is 0. The lowest BCUT2D eigenvalue weighted by atomic mass is 9.63. The third kappa shape index (κ3) is 2.54. The SMILES string of the molecule is CCOc1ncc(C2(O)C3CCCC2CNC3)c(OCC)n1. The molecule has 0 aromatic carbocycles. The molecule has 6 heteroatoms. The number of hydrogen-bond donors (Lipinski definition) is 2. The molecule has 0 radical (unpaired) electrons. The summed E-state index contributed by atoms with van der Waals surface area (Å²) >= 11 is 0. The fraction of sp³-hybridized carbons (Fsp3) is 0.750. The molecule has 2 aliphatic rings. The molecule has 1 aromatic heterocycles. The van der Waals surface area contributed by atoms with Crippen molar-refractivity contribution in [3.63, 3.8) is 0 Å². The highest BCUT2D eigenvalue weighted by Crippen LogP contribution is 2.49. The number of rotatable bonds is 5. The van der Waals surface area contributed by atoms with Crippen LogP contribution in [-0.2, 0) is 5.60 Å². The molecular weight excluding hydrogens is 282 g/mol. The number of aromatic nitrogens is 2. The Balaban J connectivity index is 2.01. The molecule has 2 heterocycles. The van der Waals surface area contributed by atoms with Crippen LogP contribution in [0.25, 0.3) is 0 Å². The van der Waals surface area contributed by atoms with Gasteiger partial charge in [0, 0.05) is 31.1 Å². The minimum atomic E-state index is -0.904. The molecule has 1 aliphatic heterocycles. The van der Waals surface area contributed by atoms with Crippen molar-refractivity contribution in [1.82, 2.24) is 15.3 Å². The topological polar surface area (TPSA) is 76.5 Å². The van der Waals surface area contributed by atoms with Gasteiger partial charge < -0.3 is 19.9 Å². The second-order valence-electron chi connectivity index (χ2n) is 6.05. The molecule has 6 nitrogen and oxygen atoms in total. The number of nitrogens with one attached hydrogen (secondary N) is 1. The van der Waals surface area contributed by atoms with Crippen LogP contribution in [0.4, 0.5) is 0 Å². The van der Waals surface area contributed by atoms with Gasteiger partial charge in [0.1, 0.15) is 5.60 Å². The second kappa shape index (κ2) is 6.38. The van der Waals surface area contributed by atoms with Crippen molar-refractivity contribution in [1.29, 1.82) is 0 Å². The molecule has 2 atom stereocenters. The second-order valence-corrected chi connectivity index (χ2v) is 6.05. The van der Waals surface area contributed by atoms with E-state index >= 15 is 0 Å². The van der Waals surface area contributed by atoms with Gasteiger partial charge in [-0.3, -0.25) is 0 Å². The molecule has 1 aromatic rings. The number of piperidine rings is 1. The van der Waals surface area contributed by atoms with Crippen LogP contribution in [-0.4, -0.2) is 41.4 Å². The van der Waals surface area contributed by atoms with E-state index in [1.54, 1.807) is 6.20 Å². The molecule has 3 rings (SSSR count). The van der Waals surface area contributed by atoms with E-state index in [0.29, 0.717) is 30.7 Å². The van der Waals surface area contributed by atoms with E-state index in [0.717, 1.165) is 25.9 Å². The first-order valence-electron chi connectivity index (χ1n) is 8.26. The van der Waals surface area contributed by atoms with Crippen molar-refractivity contribution in [2.75, 3.05) is 26.3 Å². The molecule has 2 fully saturated rings. The molecule has 2 unspecified atom stereocenters. The largest absolute Gasteiger partial charge is 0.478 e. The van der Waals surface area contributed by atoms with Crippen LogP contribution >= 0.6 is 0 Å². The molecule has 2 N–H and O–H groups in total. The predicted molar refractivity (Wildman–Crippen MR) is 82.0 cm³/mol. The third-order valence-corrected chi connectivity index (χ3v) is 4.85. The molecule has 122 valence electrons. The van der Waals surface area contributed by atoms with Crippen molar-refractivity contribution in [2.24, 2.45) is 11.8 Å². The van der Waals surface area contributed by atoms with Gasteiger partial charge in [0.05, 0.1) is 18.8 Å². The molecule has 0 amide bonds. The zero-order chi connectivity index (χ0) is 15.6. The van der Waals surface area contributed by atoms with Crippen molar-refractivity contribution < 1.29 is 14.6 Å². The van der Waals surface area contributed by atoms with Gasteiger partial charge in [-0.05, 0) is 26.7 Å². The summed E-state index contributed by atoms with van der Waals surface area (Å²) in [6.07, 6.45) is 4.89. The first-order chi connectivity index (χ1) is 10.7. The minimum Gasteiger partial charge on any atom is -0.478 e. The highest BCUT2D eigenvalue weighted by molar-refractivity contribution is 5.34. The minimum absolute atomic E-state index is 0.181. The van der Waals surface area contributed by atoms with Crippen LogP contribution in [0.5, 0.6) is 11.9 Å². The Hall–Kier alpha value is -1.40. The summed E-state index contributed by atoms with van der Waals surface area (Å²) in [6, 6.07) is 0.303. The Bertz CT molecular complexity index is 501. The molecule has 1 saturated heterocycles. The van der Waals surface area contributed by atoms with E-state index in [4.69, 9.17) is 9.47 Å². The van der Waals surface area contributed by atoms with E-state index in [2.05, 4.69) is 15.3 Å². The molecule has 1 aliphatic carbocycles. The van der Waals surface area contributed by atoms with Gasteiger partial charge in [-0.1, -0.05) is 6.42 Å². The maximum Gasteiger partial charge on any atom is 0.319 e. The van der Waals surface area contributed by atoms with Crippen LogP contribution in [0.3, 0.4) is 0 Å². The Kier molecular flexibility index (Phi) is 4.49. The van der Waals surface area contributed by atoms with Crippen LogP contribution in [0.1, 0.15) is 38.7 Å². The average Bonchev–Trinajstić information content (AvgIpc) is 2.47. The monoisotopic (exact) mass is 307 g/mol. The molecule has 22 heavy (non-hydrogen) atoms. The van der Waals surface area contributed by atoms with Crippen molar-refractivity contribution in [3.05, 3.63) is 11.8 Å². The lowest BCUT2D eigenvalue weighted by Crippen LogP contribution is -2.57. The van der Waals surface area contributed by atoms with Gasteiger partial charge in [0.2, 0.25) is 5.88 Å². The average molecular weight is 307 g/mol. The van der Waals surface area contributed by atoms with Crippen LogP contribution in [0, 0.1) is 11.8 Å². The van der Waals surface area contributed by atoms with Gasteiger partial charge in [0.15, 0.2) is 0 Å². The summed E-state index contributed by atoms with van der Waals surface area (Å²) in [4.78, 5) is 8.63. The van der Waals surface area contributed by atoms with Gasteiger partial charge in [-0.15, -0.1) is 0 Å². The number of hydrogen-bond acceptors (Lipinski definition) is 6. The summed E-state index contributed by atoms with van der Waals surface area (Å²) in [5.41, 5.74) is -0.187. The number of nitrogens with zero attached hydrogens (tertiary/aromatic N) is 2. The van der Waals surface area contributed by atoms with Crippen molar-refractivity contribution >= 4 is 0 Å². The Morgan fingerprint density at radius 2 is 1.91 bits per heavy atom. The Labute approximate surface area is 131 Å². The maximum absolute atomic E-state index is 11.5. The van der Waals surface area contributed by atoms with E-state index in [1.807, 2.05) is 13.8 Å². The zero-order valence-electron chi connectivity index (χ0n) is 13.3. The third-order valence-electron chi connectivity index (χ3n) is 4.85. The van der Waals surface area contributed by atoms with E-state index in [1.165, 1.54) is 6.42 Å². The Morgan fingerprint density at radius 3 is 2.55 bits per heavy atom. The van der Waals surface area contributed by atoms with Gasteiger partial charge in [0.25, 0.3) is 0 Å². The van der Waals surface area contributed by atoms with Crippen molar-refractivity contribution in [2.45, 2.75) is 38.7 Å². The predicted octanol–water partition coefficient (Wildman–Crippen LogP) is 1.48.